The Hall–Kier alpha value is -8.22. The van der Waals surface area contributed by atoms with Gasteiger partial charge in [-0.05, 0) is 132 Å². The normalized spacial score (nSPS) is 14.6. The Bertz CT molecular complexity index is 4930. The molecule has 0 unspecified atom stereocenters. The van der Waals surface area contributed by atoms with E-state index >= 15 is 0 Å². The summed E-state index contributed by atoms with van der Waals surface area (Å²) >= 11 is 4.96. The summed E-state index contributed by atoms with van der Waals surface area (Å²) in [5.41, 5.74) is 26.2. The van der Waals surface area contributed by atoms with Gasteiger partial charge in [0, 0.05) is 39.9 Å². The summed E-state index contributed by atoms with van der Waals surface area (Å²) in [5.74, 6) is 0.233. The van der Waals surface area contributed by atoms with Crippen molar-refractivity contribution in [1.29, 1.82) is 0 Å². The second-order valence-electron chi connectivity index (χ2n) is 25.4. The second-order valence-corrected chi connectivity index (χ2v) is 28.6. The van der Waals surface area contributed by atoms with Crippen molar-refractivity contribution in [2.75, 3.05) is 0 Å². The van der Waals surface area contributed by atoms with Crippen LogP contribution in [0.1, 0.15) is 105 Å². The number of thiazole rings is 3. The van der Waals surface area contributed by atoms with Gasteiger partial charge in [0.25, 0.3) is 15.0 Å². The van der Waals surface area contributed by atoms with E-state index in [9.17, 15) is 15.3 Å². The van der Waals surface area contributed by atoms with Crippen LogP contribution in [0.15, 0.2) is 188 Å². The number of aryl methyl sites for hydroxylation is 1. The van der Waals surface area contributed by atoms with E-state index in [1.54, 1.807) is 34.0 Å². The quantitative estimate of drug-likeness (QED) is 0.164. The molecule has 0 fully saturated rings. The third-order valence-corrected chi connectivity index (χ3v) is 22.2. The van der Waals surface area contributed by atoms with Crippen molar-refractivity contribution in [2.24, 2.45) is 0 Å². The molecular formula is C76H61Be3N3O3S3+6. The first-order valence-electron chi connectivity index (χ1n) is 29.1. The Kier molecular flexibility index (Phi) is 14.7. The zero-order valence-corrected chi connectivity index (χ0v) is 53.4. The molecule has 6 nitrogen and oxygen atoms in total. The van der Waals surface area contributed by atoms with E-state index in [2.05, 4.69) is 211 Å². The van der Waals surface area contributed by atoms with Crippen molar-refractivity contribution < 1.29 is 30.3 Å². The van der Waals surface area contributed by atoms with Crippen LogP contribution < -0.4 is 30.3 Å². The standard InChI is InChI=1S/C31H25NOS.C23H19NOS.C22H17NOS.3Be/c1-30(2)23-12-8-6-10-18(23)20-15-27(33)21(13-24(20)30)29-32-26-14-19-17-9-5-7-11-22(17)31(3,4)25(19)16-28(26)34-29;1-13-8-9-14-15-12-20(25)16(11-18(15)23(2,3)17(14)10-13)22-24-19-6-4-5-7-21(19)26-22;1-22(2)16-8-4-3-7-13(16)14-12-19(24)15(11-17(14)22)21-23-18-9-5-6-10-20(18)25-21;;;/h5-16,33H,1-4H3;4-12,25H,1-3H3;3-12,24H,1-2H3;;;/q;;;3*+2. The van der Waals surface area contributed by atoms with Crippen molar-refractivity contribution in [2.45, 2.75) is 84.0 Å². The van der Waals surface area contributed by atoms with Gasteiger partial charge in [0.15, 0.2) is 0 Å². The van der Waals surface area contributed by atoms with Crippen molar-refractivity contribution in [3.63, 3.8) is 0 Å². The van der Waals surface area contributed by atoms with Gasteiger partial charge in [0.05, 0.1) is 16.7 Å². The minimum absolute atomic E-state index is 0. The number of aromatic nitrogens is 3. The molecule has 0 atom stereocenters. The van der Waals surface area contributed by atoms with Crippen LogP contribution in [0.25, 0.3) is 107 Å². The van der Waals surface area contributed by atoms with Crippen molar-refractivity contribution in [1.82, 2.24) is 0 Å². The van der Waals surface area contributed by atoms with Gasteiger partial charge in [-0.25, -0.2) is 0 Å². The van der Waals surface area contributed by atoms with E-state index in [0.29, 0.717) is 0 Å². The number of aromatic amines is 3. The van der Waals surface area contributed by atoms with Gasteiger partial charge in [-0.15, -0.1) is 0 Å². The first kappa shape index (κ1) is 60.1. The fourth-order valence-corrected chi connectivity index (χ4v) is 17.3. The first-order chi connectivity index (χ1) is 40.8. The zero-order valence-electron chi connectivity index (χ0n) is 51.0. The molecule has 10 aromatic carbocycles. The summed E-state index contributed by atoms with van der Waals surface area (Å²) in [6.07, 6.45) is 0. The van der Waals surface area contributed by atoms with Gasteiger partial charge in [0.2, 0.25) is 16.6 Å². The predicted molar refractivity (Wildman–Crippen MR) is 362 cm³/mol. The van der Waals surface area contributed by atoms with Gasteiger partial charge < -0.3 is 15.3 Å². The van der Waals surface area contributed by atoms with E-state index < -0.39 is 0 Å². The summed E-state index contributed by atoms with van der Waals surface area (Å²) in [4.78, 5) is 10.4. The molecule has 0 amide bonds. The van der Waals surface area contributed by atoms with Crippen LogP contribution in [0, 0.1) is 6.92 Å². The third kappa shape index (κ3) is 9.16. The van der Waals surface area contributed by atoms with Crippen LogP contribution in [0.3, 0.4) is 0 Å². The molecule has 4 aliphatic carbocycles. The first-order valence-corrected chi connectivity index (χ1v) is 31.5. The van der Waals surface area contributed by atoms with E-state index in [1.165, 1.54) is 92.0 Å². The summed E-state index contributed by atoms with van der Waals surface area (Å²) in [5, 5.41) is 41.9. The maximum absolute atomic E-state index is 13.3. The van der Waals surface area contributed by atoms with E-state index in [4.69, 9.17) is 0 Å². The van der Waals surface area contributed by atoms with Gasteiger partial charge in [-0.2, -0.15) is 15.0 Å². The summed E-state index contributed by atoms with van der Waals surface area (Å²) < 4.78 is 3.53. The summed E-state index contributed by atoms with van der Waals surface area (Å²) in [6, 6.07) is 64.9. The number of fused-ring (bicyclic) bond motifs is 15. The number of rotatable bonds is 3. The van der Waals surface area contributed by atoms with Crippen LogP contribution in [0.5, 0.6) is 17.2 Å². The van der Waals surface area contributed by atoms with Gasteiger partial charge in [-0.1, -0.05) is 246 Å². The molecular weight excluding hydrogens is 1130 g/mol. The molecule has 17 rings (SSSR count). The van der Waals surface area contributed by atoms with Gasteiger partial charge in [0.1, 0.15) is 14.1 Å². The van der Waals surface area contributed by atoms with Crippen LogP contribution in [-0.2, 0) is 21.7 Å². The van der Waals surface area contributed by atoms with Crippen molar-refractivity contribution in [3.8, 4) is 93.5 Å². The molecule has 12 heteroatoms. The molecule has 0 spiro atoms. The van der Waals surface area contributed by atoms with E-state index in [1.807, 2.05) is 54.6 Å². The second kappa shape index (κ2) is 21.5. The fraction of sp³-hybridized carbons (Fsp3) is 0.171. The molecule has 0 aliphatic heterocycles. The molecule has 416 valence electrons. The number of H-pyrrole nitrogens is 3. The summed E-state index contributed by atoms with van der Waals surface area (Å²) in [7, 11) is 0. The molecule has 0 bridgehead atoms. The Morgan fingerprint density at radius 1 is 0.273 bits per heavy atom. The number of hydrogen-bond acceptors (Lipinski definition) is 6. The fourth-order valence-electron chi connectivity index (χ4n) is 14.2. The molecule has 3 N–H and O–H groups in total. The molecule has 0 saturated carbocycles. The van der Waals surface area contributed by atoms with Crippen LogP contribution in [0.2, 0.25) is 0 Å². The third-order valence-electron chi connectivity index (χ3n) is 18.9. The molecule has 0 saturated heterocycles. The Morgan fingerprint density at radius 2 is 0.580 bits per heavy atom. The van der Waals surface area contributed by atoms with Crippen LogP contribution in [0.4, 0.5) is 0 Å². The largest absolute Gasteiger partial charge is 2.00 e. The van der Waals surface area contributed by atoms with Gasteiger partial charge >= 0.3 is 30.4 Å². The Labute approximate surface area is 537 Å². The number of hydrogen-bond donors (Lipinski definition) is 0. The van der Waals surface area contributed by atoms with Crippen LogP contribution >= 0.6 is 34.0 Å². The Balaban J connectivity index is 0.000000128. The van der Waals surface area contributed by atoms with E-state index in [0.717, 1.165) is 65.0 Å². The average Bonchev–Trinajstić information content (AvgIpc) is 1.67. The van der Waals surface area contributed by atoms with Crippen LogP contribution in [-0.4, -0.2) is 30.4 Å². The van der Waals surface area contributed by atoms with Crippen molar-refractivity contribution in [3.05, 3.63) is 238 Å². The average molecular weight is 1190 g/mol. The Morgan fingerprint density at radius 3 is 0.989 bits per heavy atom. The number of para-hydroxylation sites is 2. The molecule has 0 radical (unpaired) electrons. The minimum atomic E-state index is -0.125. The maximum Gasteiger partial charge on any atom is 2.00 e. The monoisotopic (exact) mass is 1190 g/mol. The number of benzene rings is 10. The molecule has 3 heterocycles. The molecule has 88 heavy (non-hydrogen) atoms. The minimum Gasteiger partial charge on any atom is -0.872 e. The van der Waals surface area contributed by atoms with Gasteiger partial charge in [-0.3, -0.25) is 0 Å². The predicted octanol–water partition coefficient (Wildman–Crippen LogP) is 15.8. The summed E-state index contributed by atoms with van der Waals surface area (Å²) in [6.45, 7) is 20.2. The molecule has 3 aromatic heterocycles. The van der Waals surface area contributed by atoms with E-state index in [-0.39, 0.29) is 69.3 Å². The van der Waals surface area contributed by atoms with Crippen molar-refractivity contribution >= 4 is 95.0 Å². The zero-order chi connectivity index (χ0) is 58.6. The number of nitrogens with one attached hydrogen (secondary N) is 3. The smallest absolute Gasteiger partial charge is 0.872 e. The molecule has 13 aromatic rings. The maximum atomic E-state index is 13.3. The topological polar surface area (TPSA) is 112 Å². The molecule has 4 aliphatic rings. The SMILES string of the molecule is CC1(C)c2ccccc2-c2cc([O-])c(-c3[nH+]c4cc5c(cc4s3)C(C)(C)c3ccccc3-5)cc21.CC1(C)c2ccccc2-c2cc([O-])c(-c3[nH+]c4ccccc4s3)cc21.Cc1ccc2c(c1)C(C)(C)c1cc(-c3[nH+]c4ccccc4s3)c([O-])cc1-2.[Be+2].[Be+2].[Be+2].